The lowest BCUT2D eigenvalue weighted by molar-refractivity contribution is 0.670. The van der Waals surface area contributed by atoms with Crippen LogP contribution in [0.15, 0.2) is 160 Å². The Labute approximate surface area is 258 Å². The zero-order chi connectivity index (χ0) is 29.5. The van der Waals surface area contributed by atoms with Gasteiger partial charge in [0.2, 0.25) is 0 Å². The van der Waals surface area contributed by atoms with Gasteiger partial charge >= 0.3 is 0 Å². The van der Waals surface area contributed by atoms with Gasteiger partial charge in [-0.25, -0.2) is 0 Å². The van der Waals surface area contributed by atoms with Gasteiger partial charge in [-0.3, -0.25) is 0 Å². The van der Waals surface area contributed by atoms with E-state index >= 15 is 0 Å². The summed E-state index contributed by atoms with van der Waals surface area (Å²) >= 11 is 0. The molecule has 10 rings (SSSR count). The molecule has 0 N–H and O–H groups in total. The summed E-state index contributed by atoms with van der Waals surface area (Å²) in [7, 11) is 0. The first-order valence-electron chi connectivity index (χ1n) is 15.3. The van der Waals surface area contributed by atoms with Crippen LogP contribution >= 0.6 is 0 Å². The molecule has 0 aliphatic heterocycles. The molecule has 0 aliphatic rings. The number of aromatic nitrogens is 1. The lowest BCUT2D eigenvalue weighted by Gasteiger charge is -2.11. The molecule has 0 atom stereocenters. The van der Waals surface area contributed by atoms with Crippen molar-refractivity contribution < 1.29 is 8.83 Å². The molecule has 0 radical (unpaired) electrons. The molecule has 0 amide bonds. The van der Waals surface area contributed by atoms with Crippen LogP contribution in [0.5, 0.6) is 0 Å². The molecule has 0 saturated heterocycles. The largest absolute Gasteiger partial charge is 0.455 e. The van der Waals surface area contributed by atoms with E-state index in [1.165, 1.54) is 5.39 Å². The van der Waals surface area contributed by atoms with E-state index in [1.807, 2.05) is 24.3 Å². The van der Waals surface area contributed by atoms with Crippen LogP contribution in [0.25, 0.3) is 93.6 Å². The van der Waals surface area contributed by atoms with Gasteiger partial charge in [0, 0.05) is 38.2 Å². The first-order valence-corrected chi connectivity index (χ1v) is 15.3. The highest BCUT2D eigenvalue weighted by Crippen LogP contribution is 2.41. The molecule has 210 valence electrons. The Hall–Kier alpha value is -6.06. The van der Waals surface area contributed by atoms with Gasteiger partial charge in [0.05, 0.1) is 16.4 Å². The number of fused-ring (bicyclic) bond motifs is 10. The van der Waals surface area contributed by atoms with E-state index in [9.17, 15) is 0 Å². The molecule has 0 aliphatic carbocycles. The third-order valence-corrected chi connectivity index (χ3v) is 9.20. The Morgan fingerprint density at radius 3 is 1.80 bits per heavy atom. The van der Waals surface area contributed by atoms with Crippen molar-refractivity contribution in [1.82, 2.24) is 4.57 Å². The molecule has 3 heteroatoms. The first kappa shape index (κ1) is 24.4. The number of para-hydroxylation sites is 4. The minimum atomic E-state index is 0.912. The maximum Gasteiger partial charge on any atom is 0.145 e. The summed E-state index contributed by atoms with van der Waals surface area (Å²) in [5.74, 6) is 0. The van der Waals surface area contributed by atoms with E-state index in [1.54, 1.807) is 0 Å². The van der Waals surface area contributed by atoms with Crippen molar-refractivity contribution in [3.63, 3.8) is 0 Å². The first-order chi connectivity index (χ1) is 22.3. The van der Waals surface area contributed by atoms with E-state index < -0.39 is 0 Å². The molecule has 3 aromatic heterocycles. The minimum absolute atomic E-state index is 0.912. The molecule has 0 saturated carbocycles. The highest BCUT2D eigenvalue weighted by molar-refractivity contribution is 6.23. The van der Waals surface area contributed by atoms with Crippen LogP contribution in [0.1, 0.15) is 0 Å². The van der Waals surface area contributed by atoms with E-state index in [2.05, 4.69) is 132 Å². The topological polar surface area (TPSA) is 31.2 Å². The van der Waals surface area contributed by atoms with Crippen LogP contribution < -0.4 is 0 Å². The van der Waals surface area contributed by atoms with E-state index in [-0.39, 0.29) is 0 Å². The molecule has 0 spiro atoms. The van der Waals surface area contributed by atoms with Crippen LogP contribution in [0.2, 0.25) is 0 Å². The minimum Gasteiger partial charge on any atom is -0.455 e. The van der Waals surface area contributed by atoms with Crippen LogP contribution in [0.4, 0.5) is 0 Å². The summed E-state index contributed by atoms with van der Waals surface area (Å²) in [5, 5.41) is 6.90. The maximum absolute atomic E-state index is 6.50. The second-order valence-electron chi connectivity index (χ2n) is 11.7. The van der Waals surface area contributed by atoms with Crippen molar-refractivity contribution in [2.24, 2.45) is 0 Å². The van der Waals surface area contributed by atoms with Gasteiger partial charge < -0.3 is 13.4 Å². The van der Waals surface area contributed by atoms with Crippen molar-refractivity contribution in [2.45, 2.75) is 0 Å². The average molecular weight is 576 g/mol. The zero-order valence-corrected chi connectivity index (χ0v) is 24.2. The number of benzene rings is 7. The van der Waals surface area contributed by atoms with Crippen LogP contribution in [0, 0.1) is 0 Å². The molecular formula is C42H25NO2. The van der Waals surface area contributed by atoms with Crippen molar-refractivity contribution in [3.05, 3.63) is 152 Å². The van der Waals surface area contributed by atoms with E-state index in [4.69, 9.17) is 8.83 Å². The van der Waals surface area contributed by atoms with Gasteiger partial charge in [0.15, 0.2) is 0 Å². The molecule has 10 aromatic rings. The Kier molecular flexibility index (Phi) is 5.00. The van der Waals surface area contributed by atoms with Crippen LogP contribution in [0.3, 0.4) is 0 Å². The molecule has 45 heavy (non-hydrogen) atoms. The lowest BCUT2D eigenvalue weighted by atomic mass is 9.97. The van der Waals surface area contributed by atoms with Crippen molar-refractivity contribution in [3.8, 4) is 27.9 Å². The highest BCUT2D eigenvalue weighted by Gasteiger charge is 2.19. The van der Waals surface area contributed by atoms with Crippen molar-refractivity contribution >= 4 is 65.7 Å². The second-order valence-corrected chi connectivity index (χ2v) is 11.7. The summed E-state index contributed by atoms with van der Waals surface area (Å²) in [6.45, 7) is 0. The van der Waals surface area contributed by atoms with Gasteiger partial charge in [-0.15, -0.1) is 0 Å². The normalized spacial score (nSPS) is 12.0. The Bertz CT molecular complexity index is 2770. The fraction of sp³-hybridized carbons (Fsp3) is 0. The fourth-order valence-electron chi connectivity index (χ4n) is 7.18. The predicted molar refractivity (Wildman–Crippen MR) is 186 cm³/mol. The van der Waals surface area contributed by atoms with Gasteiger partial charge in [0.25, 0.3) is 0 Å². The number of hydrogen-bond acceptors (Lipinski definition) is 2. The molecule has 0 fully saturated rings. The zero-order valence-electron chi connectivity index (χ0n) is 24.2. The SMILES string of the molecule is c1cc(-c2cccc(-n3c4ccccc4c4c5oc6ccccc6c5ccc43)c2)cc(-c2cccc3c2oc2ccccc23)c1. The van der Waals surface area contributed by atoms with Crippen LogP contribution in [-0.4, -0.2) is 4.57 Å². The summed E-state index contributed by atoms with van der Waals surface area (Å²) < 4.78 is 15.2. The Balaban J connectivity index is 1.15. The number of hydrogen-bond donors (Lipinski definition) is 0. The van der Waals surface area contributed by atoms with Crippen molar-refractivity contribution in [2.75, 3.05) is 0 Å². The summed E-state index contributed by atoms with van der Waals surface area (Å²) in [6.07, 6.45) is 0. The highest BCUT2D eigenvalue weighted by atomic mass is 16.3. The predicted octanol–water partition coefficient (Wildman–Crippen LogP) is 11.9. The van der Waals surface area contributed by atoms with Gasteiger partial charge in [0.1, 0.15) is 22.3 Å². The molecule has 3 nitrogen and oxygen atoms in total. The number of rotatable bonds is 3. The smallest absolute Gasteiger partial charge is 0.145 e. The molecule has 0 bridgehead atoms. The monoisotopic (exact) mass is 575 g/mol. The van der Waals surface area contributed by atoms with Gasteiger partial charge in [-0.1, -0.05) is 103 Å². The third-order valence-electron chi connectivity index (χ3n) is 9.20. The second kappa shape index (κ2) is 9.22. The lowest BCUT2D eigenvalue weighted by Crippen LogP contribution is -1.94. The third kappa shape index (κ3) is 3.52. The molecular weight excluding hydrogens is 550 g/mol. The number of furan rings is 2. The standard InChI is InChI=1S/C42H25NO2/c1-4-19-36-35(16-1)40-37(23-22-34-32-15-3-6-21-39(32)45-42(34)40)43(36)29-13-8-11-27(25-29)26-10-7-12-28(24-26)30-17-9-18-33-31-14-2-5-20-38(31)44-41(30)33/h1-25H. The summed E-state index contributed by atoms with van der Waals surface area (Å²) in [6, 6.07) is 53.6. The molecule has 7 aromatic carbocycles. The average Bonchev–Trinajstić information content (AvgIpc) is 3.78. The summed E-state index contributed by atoms with van der Waals surface area (Å²) in [5.41, 5.74) is 11.6. The van der Waals surface area contributed by atoms with Gasteiger partial charge in [-0.2, -0.15) is 0 Å². The molecule has 0 unspecified atom stereocenters. The number of nitrogens with zero attached hydrogens (tertiary/aromatic N) is 1. The Morgan fingerprint density at radius 2 is 0.978 bits per heavy atom. The van der Waals surface area contributed by atoms with Gasteiger partial charge in [-0.05, 0) is 65.2 Å². The summed E-state index contributed by atoms with van der Waals surface area (Å²) in [4.78, 5) is 0. The van der Waals surface area contributed by atoms with E-state index in [0.29, 0.717) is 0 Å². The van der Waals surface area contributed by atoms with E-state index in [0.717, 1.165) is 88.2 Å². The fourth-order valence-corrected chi connectivity index (χ4v) is 7.18. The quantitative estimate of drug-likeness (QED) is 0.210. The Morgan fingerprint density at radius 1 is 0.378 bits per heavy atom. The maximum atomic E-state index is 6.50. The molecule has 3 heterocycles. The van der Waals surface area contributed by atoms with Crippen LogP contribution in [-0.2, 0) is 0 Å². The van der Waals surface area contributed by atoms with Crippen molar-refractivity contribution in [1.29, 1.82) is 0 Å².